The van der Waals surface area contributed by atoms with Gasteiger partial charge >= 0.3 is 0 Å². The fraction of sp³-hybridized carbons (Fsp3) is 0.300. The van der Waals surface area contributed by atoms with Crippen molar-refractivity contribution in [2.45, 2.75) is 12.8 Å². The Morgan fingerprint density at radius 2 is 2.23 bits per heavy atom. The van der Waals surface area contributed by atoms with Gasteiger partial charge < -0.3 is 0 Å². The lowest BCUT2D eigenvalue weighted by atomic mass is 10.1. The summed E-state index contributed by atoms with van der Waals surface area (Å²) in [7, 11) is 0. The molecule has 1 aromatic carbocycles. The van der Waals surface area contributed by atoms with Gasteiger partial charge in [0.15, 0.2) is 0 Å². The van der Waals surface area contributed by atoms with Crippen LogP contribution in [-0.4, -0.2) is 5.88 Å². The molecule has 0 N–H and O–H groups in total. The quantitative estimate of drug-likeness (QED) is 0.761. The largest absolute Gasteiger partial charge is 0.192 e. The van der Waals surface area contributed by atoms with Gasteiger partial charge in [0, 0.05) is 10.4 Å². The molecule has 0 aliphatic heterocycles. The van der Waals surface area contributed by atoms with E-state index in [0.717, 1.165) is 17.3 Å². The molecule has 0 saturated heterocycles. The van der Waals surface area contributed by atoms with Gasteiger partial charge in [0.1, 0.15) is 0 Å². The zero-order valence-corrected chi connectivity index (χ0v) is 9.40. The number of hydrogen-bond acceptors (Lipinski definition) is 1. The number of benzene rings is 1. The van der Waals surface area contributed by atoms with Crippen LogP contribution < -0.4 is 0 Å². The second-order valence-corrected chi connectivity index (χ2v) is 3.94. The number of aryl methyl sites for hydroxylation is 1. The molecule has 0 unspecified atom stereocenters. The van der Waals surface area contributed by atoms with Gasteiger partial charge in [-0.3, -0.25) is 0 Å². The molecule has 0 aromatic heterocycles. The van der Waals surface area contributed by atoms with E-state index in [1.807, 2.05) is 18.2 Å². The van der Waals surface area contributed by atoms with Crippen LogP contribution in [-0.2, 0) is 6.42 Å². The van der Waals surface area contributed by atoms with E-state index in [-0.39, 0.29) is 0 Å². The Hall–Kier alpha value is -0.520. The van der Waals surface area contributed by atoms with Crippen molar-refractivity contribution in [3.63, 3.8) is 0 Å². The Labute approximate surface area is 91.5 Å². The minimum absolute atomic E-state index is 0.673. The monoisotopic (exact) mass is 257 g/mol. The van der Waals surface area contributed by atoms with Crippen LogP contribution in [0, 0.1) is 11.3 Å². The Kier molecular flexibility index (Phi) is 4.27. The van der Waals surface area contributed by atoms with Crippen LogP contribution in [0.15, 0.2) is 22.7 Å². The normalized spacial score (nSPS) is 9.62. The second kappa shape index (κ2) is 5.26. The van der Waals surface area contributed by atoms with Crippen LogP contribution >= 0.6 is 27.5 Å². The summed E-state index contributed by atoms with van der Waals surface area (Å²) in [4.78, 5) is 0. The summed E-state index contributed by atoms with van der Waals surface area (Å²) < 4.78 is 0.997. The summed E-state index contributed by atoms with van der Waals surface area (Å²) in [6.45, 7) is 0. The molecule has 0 fully saturated rings. The fourth-order valence-electron chi connectivity index (χ4n) is 1.08. The highest BCUT2D eigenvalue weighted by atomic mass is 79.9. The van der Waals surface area contributed by atoms with Gasteiger partial charge in [0.05, 0.1) is 11.6 Å². The van der Waals surface area contributed by atoms with Crippen LogP contribution in [0.4, 0.5) is 0 Å². The molecule has 68 valence electrons. The van der Waals surface area contributed by atoms with E-state index >= 15 is 0 Å². The number of hydrogen-bond donors (Lipinski definition) is 0. The van der Waals surface area contributed by atoms with Gasteiger partial charge in [-0.15, -0.1) is 11.6 Å². The Bertz CT molecular complexity index is 330. The second-order valence-electron chi connectivity index (χ2n) is 2.71. The maximum absolute atomic E-state index is 8.64. The summed E-state index contributed by atoms with van der Waals surface area (Å²) in [6.07, 6.45) is 1.92. The highest BCUT2D eigenvalue weighted by Crippen LogP contribution is 2.19. The third kappa shape index (κ3) is 3.02. The van der Waals surface area contributed by atoms with Crippen LogP contribution in [0.25, 0.3) is 0 Å². The first kappa shape index (κ1) is 10.6. The Morgan fingerprint density at radius 3 is 2.77 bits per heavy atom. The number of alkyl halides is 1. The van der Waals surface area contributed by atoms with E-state index in [2.05, 4.69) is 22.0 Å². The third-order valence-corrected chi connectivity index (χ3v) is 2.77. The molecule has 0 aliphatic rings. The van der Waals surface area contributed by atoms with Crippen LogP contribution in [0.1, 0.15) is 17.5 Å². The Balaban J connectivity index is 2.81. The van der Waals surface area contributed by atoms with Crippen molar-refractivity contribution in [1.82, 2.24) is 0 Å². The molecule has 0 radical (unpaired) electrons. The third-order valence-electron chi connectivity index (χ3n) is 1.76. The van der Waals surface area contributed by atoms with Crippen molar-refractivity contribution in [1.29, 1.82) is 5.26 Å². The molecule has 3 heteroatoms. The first-order valence-corrected chi connectivity index (χ1v) is 5.35. The minimum atomic E-state index is 0.673. The average molecular weight is 259 g/mol. The predicted octanol–water partition coefficient (Wildman–Crippen LogP) is 3.49. The molecule has 0 spiro atoms. The van der Waals surface area contributed by atoms with Gasteiger partial charge in [-0.05, 0) is 30.5 Å². The number of halogens is 2. The van der Waals surface area contributed by atoms with Crippen molar-refractivity contribution >= 4 is 27.5 Å². The minimum Gasteiger partial charge on any atom is -0.192 e. The summed E-state index contributed by atoms with van der Waals surface area (Å²) in [5.41, 5.74) is 1.89. The van der Waals surface area contributed by atoms with Crippen molar-refractivity contribution in [2.75, 3.05) is 5.88 Å². The number of nitrogens with zero attached hydrogens (tertiary/aromatic N) is 1. The lowest BCUT2D eigenvalue weighted by Gasteiger charge is -2.02. The van der Waals surface area contributed by atoms with E-state index in [4.69, 9.17) is 16.9 Å². The van der Waals surface area contributed by atoms with E-state index in [1.165, 1.54) is 5.56 Å². The maximum atomic E-state index is 8.64. The lowest BCUT2D eigenvalue weighted by Crippen LogP contribution is -1.88. The predicted molar refractivity (Wildman–Crippen MR) is 57.9 cm³/mol. The average Bonchev–Trinajstić information content (AvgIpc) is 2.16. The summed E-state index contributed by atoms with van der Waals surface area (Å²) >= 11 is 9.02. The number of nitriles is 1. The summed E-state index contributed by atoms with van der Waals surface area (Å²) in [5, 5.41) is 8.64. The lowest BCUT2D eigenvalue weighted by molar-refractivity contribution is 0.923. The molecule has 0 amide bonds. The van der Waals surface area contributed by atoms with Gasteiger partial charge in [0.25, 0.3) is 0 Å². The van der Waals surface area contributed by atoms with Crippen LogP contribution in [0.3, 0.4) is 0 Å². The van der Waals surface area contributed by atoms with E-state index in [9.17, 15) is 0 Å². The van der Waals surface area contributed by atoms with Crippen molar-refractivity contribution in [3.05, 3.63) is 33.8 Å². The van der Waals surface area contributed by atoms with E-state index in [1.54, 1.807) is 0 Å². The van der Waals surface area contributed by atoms with E-state index < -0.39 is 0 Å². The standard InChI is InChI=1S/C10H9BrClN/c11-10-6-8(7-13)3-4-9(10)2-1-5-12/h3-4,6H,1-2,5H2. The highest BCUT2D eigenvalue weighted by molar-refractivity contribution is 9.10. The smallest absolute Gasteiger partial charge is 0.0992 e. The Morgan fingerprint density at radius 1 is 1.46 bits per heavy atom. The zero-order chi connectivity index (χ0) is 9.68. The highest BCUT2D eigenvalue weighted by Gasteiger charge is 2.00. The van der Waals surface area contributed by atoms with E-state index in [0.29, 0.717) is 11.4 Å². The first-order valence-electron chi connectivity index (χ1n) is 4.02. The molecule has 0 heterocycles. The zero-order valence-electron chi connectivity index (χ0n) is 7.06. The number of rotatable bonds is 3. The summed E-state index contributed by atoms with van der Waals surface area (Å²) in [5.74, 6) is 0.673. The van der Waals surface area contributed by atoms with Crippen LogP contribution in [0.2, 0.25) is 0 Å². The molecule has 0 aliphatic carbocycles. The van der Waals surface area contributed by atoms with Gasteiger partial charge in [-0.1, -0.05) is 22.0 Å². The first-order chi connectivity index (χ1) is 6.27. The molecule has 13 heavy (non-hydrogen) atoms. The van der Waals surface area contributed by atoms with Gasteiger partial charge in [-0.25, -0.2) is 0 Å². The molecule has 1 nitrogen and oxygen atoms in total. The fourth-order valence-corrected chi connectivity index (χ4v) is 1.79. The van der Waals surface area contributed by atoms with Crippen molar-refractivity contribution in [2.24, 2.45) is 0 Å². The molecule has 0 saturated carbocycles. The SMILES string of the molecule is N#Cc1ccc(CCCCl)c(Br)c1. The van der Waals surface area contributed by atoms with Crippen molar-refractivity contribution < 1.29 is 0 Å². The van der Waals surface area contributed by atoms with Crippen LogP contribution in [0.5, 0.6) is 0 Å². The topological polar surface area (TPSA) is 23.8 Å². The van der Waals surface area contributed by atoms with Gasteiger partial charge in [0.2, 0.25) is 0 Å². The molecular weight excluding hydrogens is 249 g/mol. The molecule has 0 atom stereocenters. The molecular formula is C10H9BrClN. The molecule has 1 rings (SSSR count). The van der Waals surface area contributed by atoms with Crippen molar-refractivity contribution in [3.8, 4) is 6.07 Å². The summed E-state index contributed by atoms with van der Waals surface area (Å²) in [6, 6.07) is 7.73. The van der Waals surface area contributed by atoms with Gasteiger partial charge in [-0.2, -0.15) is 5.26 Å². The molecule has 1 aromatic rings. The molecule has 0 bridgehead atoms. The maximum Gasteiger partial charge on any atom is 0.0992 e.